The van der Waals surface area contributed by atoms with Crippen LogP contribution in [0.2, 0.25) is 0 Å². The van der Waals surface area contributed by atoms with Gasteiger partial charge in [0.25, 0.3) is 0 Å². The maximum Gasteiger partial charge on any atom is 0.241 e. The van der Waals surface area contributed by atoms with Crippen LogP contribution < -0.4 is 10.2 Å². The van der Waals surface area contributed by atoms with Gasteiger partial charge >= 0.3 is 0 Å². The van der Waals surface area contributed by atoms with Crippen LogP contribution in [0.15, 0.2) is 53.0 Å². The lowest BCUT2D eigenvalue weighted by molar-refractivity contribution is -0.120. The van der Waals surface area contributed by atoms with E-state index in [9.17, 15) is 9.90 Å². The van der Waals surface area contributed by atoms with Gasteiger partial charge in [0.2, 0.25) is 5.91 Å². The van der Waals surface area contributed by atoms with Crippen LogP contribution in [0.25, 0.3) is 0 Å². The lowest BCUT2D eigenvalue weighted by Crippen LogP contribution is -2.52. The third kappa shape index (κ3) is 4.32. The molecule has 1 heterocycles. The number of phenols is 1. The van der Waals surface area contributed by atoms with Crippen LogP contribution in [0.4, 0.5) is 11.4 Å². The highest BCUT2D eigenvalue weighted by atomic mass is 79.9. The van der Waals surface area contributed by atoms with Gasteiger partial charge in [0.05, 0.1) is 11.7 Å². The van der Waals surface area contributed by atoms with E-state index in [0.29, 0.717) is 5.75 Å². The highest BCUT2D eigenvalue weighted by molar-refractivity contribution is 9.10. The monoisotopic (exact) mass is 403 g/mol. The van der Waals surface area contributed by atoms with Crippen LogP contribution in [-0.4, -0.2) is 48.1 Å². The van der Waals surface area contributed by atoms with Crippen molar-refractivity contribution in [3.8, 4) is 5.75 Å². The van der Waals surface area contributed by atoms with Crippen molar-refractivity contribution in [2.45, 2.75) is 13.0 Å². The van der Waals surface area contributed by atoms with E-state index in [1.165, 1.54) is 0 Å². The van der Waals surface area contributed by atoms with Crippen molar-refractivity contribution in [1.82, 2.24) is 4.90 Å². The van der Waals surface area contributed by atoms with E-state index in [-0.39, 0.29) is 11.9 Å². The number of piperazine rings is 1. The Bertz CT molecular complexity index is 728. The van der Waals surface area contributed by atoms with Crippen molar-refractivity contribution in [3.05, 3.63) is 53.0 Å². The maximum atomic E-state index is 12.5. The number of para-hydroxylation sites is 2. The number of hydrogen-bond acceptors (Lipinski definition) is 4. The van der Waals surface area contributed by atoms with Gasteiger partial charge in [0.1, 0.15) is 5.75 Å². The summed E-state index contributed by atoms with van der Waals surface area (Å²) in [5.41, 5.74) is 1.65. The zero-order valence-electron chi connectivity index (χ0n) is 14.2. The van der Waals surface area contributed by atoms with Gasteiger partial charge in [-0.15, -0.1) is 0 Å². The predicted molar refractivity (Wildman–Crippen MR) is 104 cm³/mol. The molecule has 2 N–H and O–H groups in total. The van der Waals surface area contributed by atoms with E-state index in [2.05, 4.69) is 31.0 Å². The Morgan fingerprint density at radius 1 is 1.08 bits per heavy atom. The molecule has 0 aliphatic carbocycles. The molecule has 132 valence electrons. The molecule has 2 aromatic carbocycles. The molecule has 0 saturated carbocycles. The number of anilines is 2. The number of nitrogens with zero attached hydrogens (tertiary/aromatic N) is 2. The summed E-state index contributed by atoms with van der Waals surface area (Å²) in [6, 6.07) is 14.8. The predicted octanol–water partition coefficient (Wildman–Crippen LogP) is 3.30. The third-order valence-corrected chi connectivity index (χ3v) is 5.10. The van der Waals surface area contributed by atoms with E-state index < -0.39 is 0 Å². The highest BCUT2D eigenvalue weighted by Gasteiger charge is 2.26. The number of nitrogens with one attached hydrogen (secondary N) is 1. The van der Waals surface area contributed by atoms with Gasteiger partial charge in [-0.1, -0.05) is 28.1 Å². The number of aromatic hydroxyl groups is 1. The topological polar surface area (TPSA) is 55.8 Å². The summed E-state index contributed by atoms with van der Waals surface area (Å²) < 4.78 is 0.985. The molecule has 5 nitrogen and oxygen atoms in total. The lowest BCUT2D eigenvalue weighted by Gasteiger charge is -2.38. The minimum atomic E-state index is -0.199. The zero-order chi connectivity index (χ0) is 17.8. The van der Waals surface area contributed by atoms with Crippen LogP contribution in [-0.2, 0) is 4.79 Å². The molecule has 3 rings (SSSR count). The lowest BCUT2D eigenvalue weighted by atomic mass is 10.2. The van der Waals surface area contributed by atoms with Crippen LogP contribution in [0.5, 0.6) is 5.75 Å². The Hall–Kier alpha value is -2.05. The fraction of sp³-hybridized carbons (Fsp3) is 0.316. The summed E-state index contributed by atoms with van der Waals surface area (Å²) in [6.45, 7) is 5.07. The van der Waals surface area contributed by atoms with Crippen LogP contribution in [0.3, 0.4) is 0 Å². The van der Waals surface area contributed by atoms with Crippen LogP contribution >= 0.6 is 15.9 Å². The fourth-order valence-corrected chi connectivity index (χ4v) is 3.29. The highest BCUT2D eigenvalue weighted by Crippen LogP contribution is 2.27. The molecule has 25 heavy (non-hydrogen) atoms. The SMILES string of the molecule is C[C@H](C(=O)Nc1ccc(Br)cc1)N1CCN(c2ccccc2O)CC1. The summed E-state index contributed by atoms with van der Waals surface area (Å²) in [6.07, 6.45) is 0. The Kier molecular flexibility index (Phi) is 5.60. The zero-order valence-corrected chi connectivity index (χ0v) is 15.7. The van der Waals surface area contributed by atoms with Crippen molar-refractivity contribution < 1.29 is 9.90 Å². The molecule has 1 amide bonds. The average molecular weight is 404 g/mol. The van der Waals surface area contributed by atoms with Crippen molar-refractivity contribution in [1.29, 1.82) is 0 Å². The number of phenolic OH excluding ortho intramolecular Hbond substituents is 1. The molecule has 0 unspecified atom stereocenters. The van der Waals surface area contributed by atoms with Gasteiger partial charge in [-0.05, 0) is 43.3 Å². The number of carbonyl (C=O) groups excluding carboxylic acids is 1. The van der Waals surface area contributed by atoms with E-state index in [1.54, 1.807) is 6.07 Å². The summed E-state index contributed by atoms with van der Waals surface area (Å²) in [5, 5.41) is 13.0. The average Bonchev–Trinajstić information content (AvgIpc) is 2.63. The van der Waals surface area contributed by atoms with E-state index >= 15 is 0 Å². The number of halogens is 1. The van der Waals surface area contributed by atoms with Gasteiger partial charge in [-0.3, -0.25) is 9.69 Å². The molecule has 0 spiro atoms. The first-order chi connectivity index (χ1) is 12.0. The smallest absolute Gasteiger partial charge is 0.241 e. The quantitative estimate of drug-likeness (QED) is 0.821. The Morgan fingerprint density at radius 3 is 2.36 bits per heavy atom. The van der Waals surface area contributed by atoms with Crippen LogP contribution in [0, 0.1) is 0 Å². The van der Waals surface area contributed by atoms with Crippen molar-refractivity contribution in [2.24, 2.45) is 0 Å². The number of rotatable bonds is 4. The molecule has 1 atom stereocenters. The Balaban J connectivity index is 1.56. The molecule has 1 aliphatic heterocycles. The van der Waals surface area contributed by atoms with Crippen LogP contribution in [0.1, 0.15) is 6.92 Å². The fourth-order valence-electron chi connectivity index (χ4n) is 3.03. The second kappa shape index (κ2) is 7.89. The summed E-state index contributed by atoms with van der Waals surface area (Å²) in [7, 11) is 0. The summed E-state index contributed by atoms with van der Waals surface area (Å²) in [5.74, 6) is 0.301. The second-order valence-corrected chi connectivity index (χ2v) is 7.10. The van der Waals surface area contributed by atoms with E-state index in [0.717, 1.165) is 42.0 Å². The Labute approximate surface area is 156 Å². The molecule has 2 aromatic rings. The molecule has 0 bridgehead atoms. The molecule has 0 radical (unpaired) electrons. The molecular weight excluding hydrogens is 382 g/mol. The first-order valence-electron chi connectivity index (χ1n) is 8.38. The maximum absolute atomic E-state index is 12.5. The minimum absolute atomic E-state index is 0.00155. The normalized spacial score (nSPS) is 16.5. The van der Waals surface area contributed by atoms with Gasteiger partial charge in [0, 0.05) is 36.3 Å². The molecule has 6 heteroatoms. The molecule has 0 aromatic heterocycles. The van der Waals surface area contributed by atoms with Gasteiger partial charge in [0.15, 0.2) is 0 Å². The largest absolute Gasteiger partial charge is 0.506 e. The van der Waals surface area contributed by atoms with Crippen molar-refractivity contribution in [3.63, 3.8) is 0 Å². The van der Waals surface area contributed by atoms with Crippen molar-refractivity contribution >= 4 is 33.2 Å². The first kappa shape index (κ1) is 17.8. The molecular formula is C19H22BrN3O2. The number of benzene rings is 2. The van der Waals surface area contributed by atoms with E-state index in [1.807, 2.05) is 49.4 Å². The molecule has 1 fully saturated rings. The molecule has 1 aliphatic rings. The summed E-state index contributed by atoms with van der Waals surface area (Å²) >= 11 is 3.39. The number of carbonyl (C=O) groups is 1. The Morgan fingerprint density at radius 2 is 1.72 bits per heavy atom. The summed E-state index contributed by atoms with van der Waals surface area (Å²) in [4.78, 5) is 16.8. The number of hydrogen-bond donors (Lipinski definition) is 2. The standard InChI is InChI=1S/C19H22BrN3O2/c1-14(19(25)21-16-8-6-15(20)7-9-16)22-10-12-23(13-11-22)17-4-2-3-5-18(17)24/h2-9,14,24H,10-13H2,1H3,(H,21,25)/t14-/m1/s1. The first-order valence-corrected chi connectivity index (χ1v) is 9.17. The molecule has 1 saturated heterocycles. The van der Waals surface area contributed by atoms with Gasteiger partial charge in [-0.25, -0.2) is 0 Å². The number of amides is 1. The van der Waals surface area contributed by atoms with E-state index in [4.69, 9.17) is 0 Å². The van der Waals surface area contributed by atoms with Gasteiger partial charge < -0.3 is 15.3 Å². The second-order valence-electron chi connectivity index (χ2n) is 6.18. The minimum Gasteiger partial charge on any atom is -0.506 e. The van der Waals surface area contributed by atoms with Gasteiger partial charge in [-0.2, -0.15) is 0 Å². The van der Waals surface area contributed by atoms with Crippen molar-refractivity contribution in [2.75, 3.05) is 36.4 Å². The third-order valence-electron chi connectivity index (χ3n) is 4.58.